The highest BCUT2D eigenvalue weighted by atomic mass is 32.1. The predicted molar refractivity (Wildman–Crippen MR) is 120 cm³/mol. The van der Waals surface area contributed by atoms with Crippen LogP contribution in [0.3, 0.4) is 0 Å². The van der Waals surface area contributed by atoms with Gasteiger partial charge in [0.25, 0.3) is 11.5 Å². The number of nitrogens with zero attached hydrogens (tertiary/aromatic N) is 3. The Morgan fingerprint density at radius 1 is 1.19 bits per heavy atom. The molecule has 0 radical (unpaired) electrons. The number of aromatic nitrogens is 2. The molecule has 4 rings (SSSR count). The van der Waals surface area contributed by atoms with Gasteiger partial charge in [-0.05, 0) is 49.4 Å². The molecule has 1 saturated heterocycles. The highest BCUT2D eigenvalue weighted by molar-refractivity contribution is 7.13. The molecule has 0 saturated carbocycles. The second-order valence-corrected chi connectivity index (χ2v) is 8.66. The van der Waals surface area contributed by atoms with Gasteiger partial charge >= 0.3 is 0 Å². The highest BCUT2D eigenvalue weighted by Gasteiger charge is 2.31. The molecule has 3 heterocycles. The molecule has 0 unspecified atom stereocenters. The van der Waals surface area contributed by atoms with Crippen LogP contribution in [0.5, 0.6) is 0 Å². The summed E-state index contributed by atoms with van der Waals surface area (Å²) in [5.41, 5.74) is 3.62. The van der Waals surface area contributed by atoms with Crippen LogP contribution in [0.2, 0.25) is 0 Å². The smallest absolute Gasteiger partial charge is 0.255 e. The lowest BCUT2D eigenvalue weighted by molar-refractivity contribution is -0.116. The van der Waals surface area contributed by atoms with Gasteiger partial charge in [0.1, 0.15) is 6.54 Å². The van der Waals surface area contributed by atoms with E-state index in [9.17, 15) is 14.4 Å². The molecular weight excluding hydrogens is 412 g/mol. The van der Waals surface area contributed by atoms with Crippen molar-refractivity contribution in [2.45, 2.75) is 39.3 Å². The molecular formula is C23H24N4O3S. The van der Waals surface area contributed by atoms with E-state index in [1.54, 1.807) is 11.6 Å². The summed E-state index contributed by atoms with van der Waals surface area (Å²) in [4.78, 5) is 43.7. The third-order valence-corrected chi connectivity index (χ3v) is 6.34. The molecule has 1 fully saturated rings. The molecule has 160 valence electrons. The van der Waals surface area contributed by atoms with Crippen molar-refractivity contribution < 1.29 is 9.59 Å². The van der Waals surface area contributed by atoms with Gasteiger partial charge in [-0.25, -0.2) is 4.98 Å². The molecule has 1 N–H and O–H groups in total. The molecule has 1 aromatic carbocycles. The first-order chi connectivity index (χ1) is 14.9. The van der Waals surface area contributed by atoms with E-state index in [1.165, 1.54) is 45.4 Å². The number of rotatable bonds is 5. The molecule has 0 aliphatic carbocycles. The number of benzene rings is 1. The van der Waals surface area contributed by atoms with Gasteiger partial charge in [-0.3, -0.25) is 14.4 Å². The van der Waals surface area contributed by atoms with E-state index in [1.807, 2.05) is 4.90 Å². The minimum absolute atomic E-state index is 0.0142. The second-order valence-electron chi connectivity index (χ2n) is 7.77. The zero-order valence-electron chi connectivity index (χ0n) is 17.5. The number of anilines is 1. The van der Waals surface area contributed by atoms with Gasteiger partial charge in [-0.1, -0.05) is 18.2 Å². The quantitative estimate of drug-likeness (QED) is 0.663. The van der Waals surface area contributed by atoms with Gasteiger partial charge in [0.05, 0.1) is 11.6 Å². The Hall–Kier alpha value is -3.26. The standard InChI is InChI=1S/C23H24N4O3S/c1-15-5-6-17(12-16(15)2)19-4-3-10-27(19)22(30)18-7-8-21(29)26(13-18)14-20(28)25-23-24-9-11-31-23/h5-9,11-13,19H,3-4,10,14H2,1-2H3,(H,24,25,28)/t19-/m1/s1. The maximum Gasteiger partial charge on any atom is 0.255 e. The zero-order valence-corrected chi connectivity index (χ0v) is 18.3. The molecule has 7 nitrogen and oxygen atoms in total. The van der Waals surface area contributed by atoms with Crippen molar-refractivity contribution in [1.29, 1.82) is 0 Å². The van der Waals surface area contributed by atoms with Crippen LogP contribution in [0, 0.1) is 13.8 Å². The van der Waals surface area contributed by atoms with Crippen molar-refractivity contribution in [3.63, 3.8) is 0 Å². The summed E-state index contributed by atoms with van der Waals surface area (Å²) in [6, 6.07) is 9.21. The minimum atomic E-state index is -0.365. The lowest BCUT2D eigenvalue weighted by Crippen LogP contribution is -2.33. The molecule has 0 bridgehead atoms. The number of carbonyl (C=O) groups is 2. The van der Waals surface area contributed by atoms with Crippen LogP contribution >= 0.6 is 11.3 Å². The van der Waals surface area contributed by atoms with Crippen LogP contribution < -0.4 is 10.9 Å². The van der Waals surface area contributed by atoms with Crippen molar-refractivity contribution in [2.75, 3.05) is 11.9 Å². The lowest BCUT2D eigenvalue weighted by atomic mass is 9.99. The number of amides is 2. The molecule has 3 aromatic rings. The van der Waals surface area contributed by atoms with E-state index in [4.69, 9.17) is 0 Å². The van der Waals surface area contributed by atoms with E-state index < -0.39 is 0 Å². The Kier molecular flexibility index (Phi) is 5.99. The predicted octanol–water partition coefficient (Wildman–Crippen LogP) is 3.54. The molecule has 31 heavy (non-hydrogen) atoms. The van der Waals surface area contributed by atoms with Crippen molar-refractivity contribution >= 4 is 28.3 Å². The van der Waals surface area contributed by atoms with Gasteiger partial charge in [0, 0.05) is 30.4 Å². The van der Waals surface area contributed by atoms with Gasteiger partial charge in [-0.2, -0.15) is 0 Å². The summed E-state index contributed by atoms with van der Waals surface area (Å²) < 4.78 is 1.26. The second kappa shape index (κ2) is 8.85. The molecule has 8 heteroatoms. The molecule has 2 amide bonds. The number of aryl methyl sites for hydroxylation is 2. The fraction of sp³-hybridized carbons (Fsp3) is 0.304. The average molecular weight is 437 g/mol. The number of carbonyl (C=O) groups excluding carboxylic acids is 2. The number of hydrogen-bond acceptors (Lipinski definition) is 5. The van der Waals surface area contributed by atoms with Crippen LogP contribution in [0.15, 0.2) is 52.9 Å². The van der Waals surface area contributed by atoms with Gasteiger partial charge in [0.15, 0.2) is 5.13 Å². The van der Waals surface area contributed by atoms with E-state index in [-0.39, 0.29) is 30.0 Å². The number of thiazole rings is 1. The number of pyridine rings is 1. The third-order valence-electron chi connectivity index (χ3n) is 5.65. The molecule has 1 aliphatic heterocycles. The van der Waals surface area contributed by atoms with Crippen LogP contribution in [0.25, 0.3) is 0 Å². The van der Waals surface area contributed by atoms with Crippen molar-refractivity contribution in [2.24, 2.45) is 0 Å². The largest absolute Gasteiger partial charge is 0.332 e. The number of likely N-dealkylation sites (tertiary alicyclic amines) is 1. The Balaban J connectivity index is 1.53. The van der Waals surface area contributed by atoms with E-state index in [0.29, 0.717) is 17.2 Å². The van der Waals surface area contributed by atoms with Crippen LogP contribution in [0.4, 0.5) is 5.13 Å². The molecule has 1 aliphatic rings. The SMILES string of the molecule is Cc1ccc([C@H]2CCCN2C(=O)c2ccc(=O)n(CC(=O)Nc3nccs3)c2)cc1C. The van der Waals surface area contributed by atoms with Crippen LogP contribution in [0.1, 0.15) is 45.9 Å². The monoisotopic (exact) mass is 436 g/mol. The summed E-state index contributed by atoms with van der Waals surface area (Å²) in [5.74, 6) is -0.495. The number of hydrogen-bond donors (Lipinski definition) is 1. The van der Waals surface area contributed by atoms with Gasteiger partial charge in [0.2, 0.25) is 5.91 Å². The summed E-state index contributed by atoms with van der Waals surface area (Å²) in [7, 11) is 0. The molecule has 2 aromatic heterocycles. The van der Waals surface area contributed by atoms with Crippen molar-refractivity contribution in [1.82, 2.24) is 14.5 Å². The first-order valence-electron chi connectivity index (χ1n) is 10.2. The highest BCUT2D eigenvalue weighted by Crippen LogP contribution is 2.33. The maximum atomic E-state index is 13.3. The summed E-state index contributed by atoms with van der Waals surface area (Å²) in [6.45, 7) is 4.64. The summed E-state index contributed by atoms with van der Waals surface area (Å²) >= 11 is 1.30. The Labute approximate surface area is 184 Å². The lowest BCUT2D eigenvalue weighted by Gasteiger charge is -2.26. The summed E-state index contributed by atoms with van der Waals surface area (Å²) in [5, 5.41) is 4.88. The first kappa shape index (κ1) is 21.0. The van der Waals surface area contributed by atoms with Crippen molar-refractivity contribution in [3.05, 3.63) is 80.7 Å². The normalized spacial score (nSPS) is 15.8. The average Bonchev–Trinajstić information content (AvgIpc) is 3.43. The van der Waals surface area contributed by atoms with Crippen LogP contribution in [-0.4, -0.2) is 32.8 Å². The maximum absolute atomic E-state index is 13.3. The third kappa shape index (κ3) is 4.59. The number of nitrogens with one attached hydrogen (secondary N) is 1. The first-order valence-corrected chi connectivity index (χ1v) is 11.1. The van der Waals surface area contributed by atoms with Crippen molar-refractivity contribution in [3.8, 4) is 0 Å². The Morgan fingerprint density at radius 3 is 2.77 bits per heavy atom. The van der Waals surface area contributed by atoms with Crippen LogP contribution in [-0.2, 0) is 11.3 Å². The zero-order chi connectivity index (χ0) is 22.0. The Bertz CT molecular complexity index is 1170. The Morgan fingerprint density at radius 2 is 2.03 bits per heavy atom. The van der Waals surface area contributed by atoms with E-state index in [0.717, 1.165) is 18.4 Å². The fourth-order valence-electron chi connectivity index (χ4n) is 3.87. The minimum Gasteiger partial charge on any atom is -0.332 e. The molecule has 0 spiro atoms. The van der Waals surface area contributed by atoms with E-state index in [2.05, 4.69) is 42.3 Å². The van der Waals surface area contributed by atoms with Gasteiger partial charge < -0.3 is 14.8 Å². The van der Waals surface area contributed by atoms with Gasteiger partial charge in [-0.15, -0.1) is 11.3 Å². The van der Waals surface area contributed by atoms with E-state index >= 15 is 0 Å². The summed E-state index contributed by atoms with van der Waals surface area (Å²) in [6.07, 6.45) is 4.90. The fourth-order valence-corrected chi connectivity index (χ4v) is 4.42. The topological polar surface area (TPSA) is 84.3 Å². The molecule has 1 atom stereocenters.